The molecule has 0 atom stereocenters. The Kier molecular flexibility index (Phi) is 5.13. The summed E-state index contributed by atoms with van der Waals surface area (Å²) in [7, 11) is 0. The minimum absolute atomic E-state index is 0.0449. The van der Waals surface area contributed by atoms with Crippen LogP contribution in [-0.2, 0) is 6.54 Å². The fourth-order valence-corrected chi connectivity index (χ4v) is 3.02. The Bertz CT molecular complexity index is 383. The average Bonchev–Trinajstić information content (AvgIpc) is 2.81. The molecule has 1 aliphatic carbocycles. The number of rotatable bonds is 3. The van der Waals surface area contributed by atoms with Gasteiger partial charge in [0.2, 0.25) is 0 Å². The van der Waals surface area contributed by atoms with Gasteiger partial charge in [0, 0.05) is 18.0 Å². The number of nitrogens with zero attached hydrogens (tertiary/aromatic N) is 1. The number of hydrogen-bond acceptors (Lipinski definition) is 4. The van der Waals surface area contributed by atoms with Crippen LogP contribution in [0.15, 0.2) is 5.38 Å². The molecule has 100 valence electrons. The van der Waals surface area contributed by atoms with Gasteiger partial charge in [-0.25, -0.2) is 4.98 Å². The van der Waals surface area contributed by atoms with Gasteiger partial charge in [-0.15, -0.1) is 11.3 Å². The van der Waals surface area contributed by atoms with Gasteiger partial charge in [0.1, 0.15) is 10.7 Å². The SMILES string of the molecule is NCc1nc(C(=O)NC2CCCCCCC2)cs1. The normalized spacial score (nSPS) is 18.1. The lowest BCUT2D eigenvalue weighted by Crippen LogP contribution is -2.35. The van der Waals surface area contributed by atoms with Crippen molar-refractivity contribution in [3.05, 3.63) is 16.1 Å². The van der Waals surface area contributed by atoms with Gasteiger partial charge in [-0.2, -0.15) is 0 Å². The van der Waals surface area contributed by atoms with Crippen molar-refractivity contribution in [3.63, 3.8) is 0 Å². The molecule has 1 heterocycles. The zero-order chi connectivity index (χ0) is 12.8. The molecule has 4 nitrogen and oxygen atoms in total. The summed E-state index contributed by atoms with van der Waals surface area (Å²) < 4.78 is 0. The monoisotopic (exact) mass is 267 g/mol. The number of nitrogens with two attached hydrogens (primary N) is 1. The first-order valence-electron chi connectivity index (χ1n) is 6.75. The molecule has 1 fully saturated rings. The van der Waals surface area contributed by atoms with Crippen molar-refractivity contribution >= 4 is 17.2 Å². The Balaban J connectivity index is 1.88. The van der Waals surface area contributed by atoms with Crippen molar-refractivity contribution in [2.75, 3.05) is 0 Å². The second kappa shape index (κ2) is 6.85. The summed E-state index contributed by atoms with van der Waals surface area (Å²) in [6.07, 6.45) is 8.55. The fraction of sp³-hybridized carbons (Fsp3) is 0.692. The van der Waals surface area contributed by atoms with Gasteiger partial charge >= 0.3 is 0 Å². The molecular formula is C13H21N3OS. The molecule has 3 N–H and O–H groups in total. The van der Waals surface area contributed by atoms with E-state index < -0.39 is 0 Å². The van der Waals surface area contributed by atoms with Crippen molar-refractivity contribution in [2.45, 2.75) is 57.5 Å². The second-order valence-electron chi connectivity index (χ2n) is 4.85. The summed E-state index contributed by atoms with van der Waals surface area (Å²) in [5.41, 5.74) is 6.02. The molecule has 0 radical (unpaired) electrons. The Morgan fingerprint density at radius 1 is 1.33 bits per heavy atom. The molecule has 1 amide bonds. The number of aromatic nitrogens is 1. The van der Waals surface area contributed by atoms with Crippen molar-refractivity contribution < 1.29 is 4.79 Å². The van der Waals surface area contributed by atoms with Gasteiger partial charge in [0.05, 0.1) is 0 Å². The van der Waals surface area contributed by atoms with Crippen LogP contribution in [0.25, 0.3) is 0 Å². The van der Waals surface area contributed by atoms with E-state index in [0.29, 0.717) is 18.3 Å². The van der Waals surface area contributed by atoms with Crippen LogP contribution < -0.4 is 11.1 Å². The molecule has 0 unspecified atom stereocenters. The summed E-state index contributed by atoms with van der Waals surface area (Å²) >= 11 is 1.45. The third kappa shape index (κ3) is 3.78. The van der Waals surface area contributed by atoms with E-state index in [0.717, 1.165) is 17.8 Å². The van der Waals surface area contributed by atoms with Crippen LogP contribution >= 0.6 is 11.3 Å². The topological polar surface area (TPSA) is 68.0 Å². The van der Waals surface area contributed by atoms with E-state index in [-0.39, 0.29) is 5.91 Å². The van der Waals surface area contributed by atoms with Crippen LogP contribution in [0.4, 0.5) is 0 Å². The van der Waals surface area contributed by atoms with E-state index in [1.54, 1.807) is 5.38 Å². The highest BCUT2D eigenvalue weighted by Crippen LogP contribution is 2.17. The molecule has 18 heavy (non-hydrogen) atoms. The standard InChI is InChI=1S/C13H21N3OS/c14-8-12-16-11(9-18-12)13(17)15-10-6-4-2-1-3-5-7-10/h9-10H,1-8,14H2,(H,15,17). The third-order valence-electron chi connectivity index (χ3n) is 3.40. The Labute approximate surface area is 112 Å². The molecule has 1 saturated carbocycles. The predicted octanol–water partition coefficient (Wildman–Crippen LogP) is 2.44. The molecular weight excluding hydrogens is 246 g/mol. The first-order valence-corrected chi connectivity index (χ1v) is 7.63. The lowest BCUT2D eigenvalue weighted by molar-refractivity contribution is 0.0926. The zero-order valence-corrected chi connectivity index (χ0v) is 11.5. The fourth-order valence-electron chi connectivity index (χ4n) is 2.37. The van der Waals surface area contributed by atoms with E-state index >= 15 is 0 Å². The Morgan fingerprint density at radius 3 is 2.61 bits per heavy atom. The zero-order valence-electron chi connectivity index (χ0n) is 10.7. The van der Waals surface area contributed by atoms with E-state index in [1.165, 1.54) is 43.4 Å². The maximum Gasteiger partial charge on any atom is 0.270 e. The lowest BCUT2D eigenvalue weighted by Gasteiger charge is -2.20. The molecule has 5 heteroatoms. The van der Waals surface area contributed by atoms with E-state index in [4.69, 9.17) is 5.73 Å². The largest absolute Gasteiger partial charge is 0.348 e. The smallest absolute Gasteiger partial charge is 0.270 e. The van der Waals surface area contributed by atoms with Crippen LogP contribution in [0.2, 0.25) is 0 Å². The number of amides is 1. The highest BCUT2D eigenvalue weighted by atomic mass is 32.1. The van der Waals surface area contributed by atoms with Crippen molar-refractivity contribution in [1.29, 1.82) is 0 Å². The molecule has 0 bridgehead atoms. The van der Waals surface area contributed by atoms with Gasteiger partial charge < -0.3 is 11.1 Å². The number of carbonyl (C=O) groups is 1. The van der Waals surface area contributed by atoms with Crippen molar-refractivity contribution in [2.24, 2.45) is 5.73 Å². The highest BCUT2D eigenvalue weighted by molar-refractivity contribution is 7.09. The summed E-state index contributed by atoms with van der Waals surface area (Å²) in [4.78, 5) is 16.3. The summed E-state index contributed by atoms with van der Waals surface area (Å²) in [6, 6.07) is 0.320. The minimum Gasteiger partial charge on any atom is -0.348 e. The highest BCUT2D eigenvalue weighted by Gasteiger charge is 2.16. The number of carbonyl (C=O) groups excluding carboxylic acids is 1. The van der Waals surface area contributed by atoms with Crippen LogP contribution in [0, 0.1) is 0 Å². The summed E-state index contributed by atoms with van der Waals surface area (Å²) in [5.74, 6) is -0.0449. The first kappa shape index (κ1) is 13.5. The Morgan fingerprint density at radius 2 is 2.00 bits per heavy atom. The van der Waals surface area contributed by atoms with Crippen LogP contribution in [0.1, 0.15) is 60.4 Å². The maximum absolute atomic E-state index is 12.0. The average molecular weight is 267 g/mol. The van der Waals surface area contributed by atoms with Crippen molar-refractivity contribution in [3.8, 4) is 0 Å². The van der Waals surface area contributed by atoms with Crippen LogP contribution in [-0.4, -0.2) is 16.9 Å². The molecule has 1 aromatic rings. The molecule has 0 aromatic carbocycles. The quantitative estimate of drug-likeness (QED) is 0.884. The third-order valence-corrected chi connectivity index (χ3v) is 4.27. The first-order chi connectivity index (χ1) is 8.79. The Hall–Kier alpha value is -0.940. The van der Waals surface area contributed by atoms with E-state index in [9.17, 15) is 4.79 Å². The number of hydrogen-bond donors (Lipinski definition) is 2. The molecule has 0 aliphatic heterocycles. The van der Waals surface area contributed by atoms with Gasteiger partial charge in [-0.3, -0.25) is 4.79 Å². The number of nitrogens with one attached hydrogen (secondary N) is 1. The molecule has 1 aliphatic rings. The van der Waals surface area contributed by atoms with Crippen LogP contribution in [0.5, 0.6) is 0 Å². The van der Waals surface area contributed by atoms with E-state index in [2.05, 4.69) is 10.3 Å². The number of thiazole rings is 1. The lowest BCUT2D eigenvalue weighted by atomic mass is 9.97. The van der Waals surface area contributed by atoms with Crippen molar-refractivity contribution in [1.82, 2.24) is 10.3 Å². The maximum atomic E-state index is 12.0. The minimum atomic E-state index is -0.0449. The van der Waals surface area contributed by atoms with Gasteiger partial charge in [-0.1, -0.05) is 32.1 Å². The van der Waals surface area contributed by atoms with E-state index in [1.807, 2.05) is 0 Å². The molecule has 2 rings (SSSR count). The molecule has 0 saturated heterocycles. The predicted molar refractivity (Wildman–Crippen MR) is 73.6 cm³/mol. The van der Waals surface area contributed by atoms with Crippen LogP contribution in [0.3, 0.4) is 0 Å². The van der Waals surface area contributed by atoms with Gasteiger partial charge in [-0.05, 0) is 12.8 Å². The molecule has 0 spiro atoms. The van der Waals surface area contributed by atoms with Gasteiger partial charge in [0.15, 0.2) is 0 Å². The second-order valence-corrected chi connectivity index (χ2v) is 5.79. The summed E-state index contributed by atoms with van der Waals surface area (Å²) in [5, 5.41) is 5.71. The summed E-state index contributed by atoms with van der Waals surface area (Å²) in [6.45, 7) is 0.404. The molecule has 1 aromatic heterocycles. The van der Waals surface area contributed by atoms with Gasteiger partial charge in [0.25, 0.3) is 5.91 Å².